The summed E-state index contributed by atoms with van der Waals surface area (Å²) in [5.74, 6) is 1.22. The summed E-state index contributed by atoms with van der Waals surface area (Å²) in [5.41, 5.74) is 2.97. The fourth-order valence-corrected chi connectivity index (χ4v) is 3.75. The Labute approximate surface area is 196 Å². The minimum absolute atomic E-state index is 0.392. The van der Waals surface area contributed by atoms with Gasteiger partial charge in [0.1, 0.15) is 6.61 Å². The molecule has 0 saturated heterocycles. The van der Waals surface area contributed by atoms with E-state index in [-0.39, 0.29) is 0 Å². The van der Waals surface area contributed by atoms with Crippen LogP contribution in [0.2, 0.25) is 20.1 Å². The van der Waals surface area contributed by atoms with Gasteiger partial charge >= 0.3 is 0 Å². The number of hydrogen-bond acceptors (Lipinski definition) is 3. The molecule has 0 atom stereocenters. The summed E-state index contributed by atoms with van der Waals surface area (Å²) in [6.45, 7) is 1.73. The summed E-state index contributed by atoms with van der Waals surface area (Å²) in [7, 11) is 1.61. The Kier molecular flexibility index (Phi) is 8.55. The van der Waals surface area contributed by atoms with E-state index in [1.807, 2.05) is 42.5 Å². The Morgan fingerprint density at radius 2 is 1.47 bits per heavy atom. The Hall–Kier alpha value is -1.62. The quantitative estimate of drug-likeness (QED) is 0.325. The molecule has 3 nitrogen and oxygen atoms in total. The molecule has 0 unspecified atom stereocenters. The number of ether oxygens (including phenoxy) is 2. The van der Waals surface area contributed by atoms with Crippen molar-refractivity contribution in [2.24, 2.45) is 0 Å². The van der Waals surface area contributed by atoms with E-state index in [2.05, 4.69) is 5.32 Å². The monoisotopic (exact) mass is 483 g/mol. The second kappa shape index (κ2) is 11.1. The van der Waals surface area contributed by atoms with Gasteiger partial charge in [0.2, 0.25) is 0 Å². The molecule has 0 saturated carbocycles. The van der Waals surface area contributed by atoms with Crippen LogP contribution in [0.15, 0.2) is 54.6 Å². The van der Waals surface area contributed by atoms with E-state index in [4.69, 9.17) is 55.9 Å². The molecule has 0 spiro atoms. The van der Waals surface area contributed by atoms with Crippen molar-refractivity contribution >= 4 is 46.4 Å². The van der Waals surface area contributed by atoms with Gasteiger partial charge in [-0.3, -0.25) is 0 Å². The maximum atomic E-state index is 6.47. The minimum atomic E-state index is 0.392. The summed E-state index contributed by atoms with van der Waals surface area (Å²) in [6, 6.07) is 16.7. The Bertz CT molecular complexity index is 993. The summed E-state index contributed by atoms with van der Waals surface area (Å²) in [4.78, 5) is 0. The largest absolute Gasteiger partial charge is 0.493 e. The lowest BCUT2D eigenvalue weighted by atomic mass is 10.1. The number of rotatable bonds is 9. The molecule has 0 bridgehead atoms. The zero-order chi connectivity index (χ0) is 21.5. The van der Waals surface area contributed by atoms with Crippen molar-refractivity contribution < 1.29 is 9.47 Å². The highest BCUT2D eigenvalue weighted by Crippen LogP contribution is 2.34. The first-order chi connectivity index (χ1) is 14.5. The maximum absolute atomic E-state index is 6.47. The van der Waals surface area contributed by atoms with Gasteiger partial charge in [-0.25, -0.2) is 0 Å². The van der Waals surface area contributed by atoms with Crippen LogP contribution in [0.4, 0.5) is 0 Å². The molecule has 30 heavy (non-hydrogen) atoms. The van der Waals surface area contributed by atoms with Crippen LogP contribution in [-0.2, 0) is 19.6 Å². The van der Waals surface area contributed by atoms with Crippen molar-refractivity contribution in [2.75, 3.05) is 13.7 Å². The molecule has 1 N–H and O–H groups in total. The van der Waals surface area contributed by atoms with E-state index < -0.39 is 0 Å². The molecule has 0 aliphatic heterocycles. The van der Waals surface area contributed by atoms with Gasteiger partial charge in [0.25, 0.3) is 0 Å². The number of hydrogen-bond donors (Lipinski definition) is 1. The predicted molar refractivity (Wildman–Crippen MR) is 126 cm³/mol. The average Bonchev–Trinajstić information content (AvgIpc) is 2.73. The van der Waals surface area contributed by atoms with Gasteiger partial charge in [-0.1, -0.05) is 64.6 Å². The van der Waals surface area contributed by atoms with Crippen LogP contribution in [0, 0.1) is 0 Å². The van der Waals surface area contributed by atoms with Gasteiger partial charge in [0.15, 0.2) is 11.5 Å². The van der Waals surface area contributed by atoms with E-state index in [9.17, 15) is 0 Å². The van der Waals surface area contributed by atoms with Crippen LogP contribution in [-0.4, -0.2) is 13.7 Å². The van der Waals surface area contributed by atoms with Gasteiger partial charge in [0, 0.05) is 32.7 Å². The van der Waals surface area contributed by atoms with Gasteiger partial charge in [-0.05, 0) is 60.0 Å². The van der Waals surface area contributed by atoms with E-state index in [0.29, 0.717) is 44.7 Å². The Morgan fingerprint density at radius 1 is 0.767 bits per heavy atom. The predicted octanol–water partition coefficient (Wildman–Crippen LogP) is 7.22. The first-order valence-electron chi connectivity index (χ1n) is 9.34. The van der Waals surface area contributed by atoms with Crippen molar-refractivity contribution in [2.45, 2.75) is 19.6 Å². The third kappa shape index (κ3) is 6.44. The van der Waals surface area contributed by atoms with E-state index in [1.165, 1.54) is 0 Å². The van der Waals surface area contributed by atoms with E-state index >= 15 is 0 Å². The molecule has 0 fully saturated rings. The summed E-state index contributed by atoms with van der Waals surface area (Å²) >= 11 is 24.5. The number of benzene rings is 3. The van der Waals surface area contributed by atoms with Gasteiger partial charge < -0.3 is 14.8 Å². The second-order valence-electron chi connectivity index (χ2n) is 6.67. The van der Waals surface area contributed by atoms with Crippen LogP contribution in [0.1, 0.15) is 16.7 Å². The molecular weight excluding hydrogens is 464 g/mol. The highest BCUT2D eigenvalue weighted by atomic mass is 35.5. The van der Waals surface area contributed by atoms with Crippen molar-refractivity contribution in [3.05, 3.63) is 91.4 Å². The molecular formula is C23H21Cl4NO2. The van der Waals surface area contributed by atoms with Crippen molar-refractivity contribution in [3.63, 3.8) is 0 Å². The molecule has 0 aliphatic rings. The lowest BCUT2D eigenvalue weighted by molar-refractivity contribution is 0.284. The summed E-state index contributed by atoms with van der Waals surface area (Å²) in [6.07, 6.45) is 0.785. The lowest BCUT2D eigenvalue weighted by Gasteiger charge is -2.14. The topological polar surface area (TPSA) is 30.5 Å². The lowest BCUT2D eigenvalue weighted by Crippen LogP contribution is -2.17. The number of halogens is 4. The molecule has 158 valence electrons. The SMILES string of the molecule is COc1cc(CNCCc2ccc(Cl)cc2Cl)c(Cl)cc1OCc1ccc(Cl)cc1. The molecule has 0 heterocycles. The van der Waals surface area contributed by atoms with Crippen LogP contribution < -0.4 is 14.8 Å². The second-order valence-corrected chi connectivity index (χ2v) is 8.36. The number of methoxy groups -OCH3 is 1. The average molecular weight is 485 g/mol. The zero-order valence-corrected chi connectivity index (χ0v) is 19.4. The maximum Gasteiger partial charge on any atom is 0.163 e. The fourth-order valence-electron chi connectivity index (χ4n) is 2.90. The minimum Gasteiger partial charge on any atom is -0.493 e. The highest BCUT2D eigenvalue weighted by molar-refractivity contribution is 6.35. The number of nitrogens with one attached hydrogen (secondary N) is 1. The molecule has 0 aliphatic carbocycles. The van der Waals surface area contributed by atoms with Crippen molar-refractivity contribution in [1.29, 1.82) is 0 Å². The van der Waals surface area contributed by atoms with E-state index in [0.717, 1.165) is 29.7 Å². The standard InChI is InChI=1S/C23H21Cl4NO2/c1-29-22-10-17(13-28-9-8-16-4-7-19(25)11-20(16)26)21(27)12-23(22)30-14-15-2-5-18(24)6-3-15/h2-7,10-12,28H,8-9,13-14H2,1H3. The molecule has 7 heteroatoms. The van der Waals surface area contributed by atoms with Crippen molar-refractivity contribution in [3.8, 4) is 11.5 Å². The smallest absolute Gasteiger partial charge is 0.163 e. The molecule has 3 aromatic rings. The molecule has 0 aromatic heterocycles. The van der Waals surface area contributed by atoms with Crippen LogP contribution in [0.3, 0.4) is 0 Å². The normalized spacial score (nSPS) is 10.8. The third-order valence-electron chi connectivity index (χ3n) is 4.54. The third-order valence-corrected chi connectivity index (χ3v) is 5.73. The van der Waals surface area contributed by atoms with Crippen LogP contribution >= 0.6 is 46.4 Å². The van der Waals surface area contributed by atoms with Crippen LogP contribution in [0.25, 0.3) is 0 Å². The first-order valence-corrected chi connectivity index (χ1v) is 10.9. The first kappa shape index (κ1) is 23.1. The molecule has 0 amide bonds. The van der Waals surface area contributed by atoms with Gasteiger partial charge in [-0.2, -0.15) is 0 Å². The zero-order valence-electron chi connectivity index (χ0n) is 16.4. The molecule has 3 aromatic carbocycles. The summed E-state index contributed by atoms with van der Waals surface area (Å²) in [5, 5.41) is 5.99. The van der Waals surface area contributed by atoms with Gasteiger partial charge in [0.05, 0.1) is 7.11 Å². The van der Waals surface area contributed by atoms with Crippen molar-refractivity contribution in [1.82, 2.24) is 5.32 Å². The fraction of sp³-hybridized carbons (Fsp3) is 0.217. The molecule has 3 rings (SSSR count). The summed E-state index contributed by atoms with van der Waals surface area (Å²) < 4.78 is 11.4. The molecule has 0 radical (unpaired) electrons. The van der Waals surface area contributed by atoms with Crippen LogP contribution in [0.5, 0.6) is 11.5 Å². The highest BCUT2D eigenvalue weighted by Gasteiger charge is 2.11. The Balaban J connectivity index is 1.58. The Morgan fingerprint density at radius 3 is 2.17 bits per heavy atom. The van der Waals surface area contributed by atoms with E-state index in [1.54, 1.807) is 19.2 Å². The van der Waals surface area contributed by atoms with Gasteiger partial charge in [-0.15, -0.1) is 0 Å².